The Hall–Kier alpha value is -3.19. The first-order chi connectivity index (χ1) is 16.8. The van der Waals surface area contributed by atoms with Crippen LogP contribution < -0.4 is 10.9 Å². The van der Waals surface area contributed by atoms with Crippen LogP contribution in [0.4, 0.5) is 5.00 Å². The smallest absolute Gasteiger partial charge is 0.348 e. The van der Waals surface area contributed by atoms with Gasteiger partial charge in [0.2, 0.25) is 11.7 Å². The maximum Gasteiger partial charge on any atom is 0.348 e. The van der Waals surface area contributed by atoms with Crippen LogP contribution in [-0.4, -0.2) is 56.4 Å². The number of aromatic amines is 1. The minimum absolute atomic E-state index is 0.0252. The average Bonchev–Trinajstić information content (AvgIpc) is 3.38. The van der Waals surface area contributed by atoms with Crippen LogP contribution in [0.2, 0.25) is 0 Å². The molecule has 0 saturated carbocycles. The van der Waals surface area contributed by atoms with E-state index in [1.54, 1.807) is 25.2 Å². The van der Waals surface area contributed by atoms with E-state index in [4.69, 9.17) is 9.47 Å². The Balaban J connectivity index is 1.56. The molecule has 35 heavy (non-hydrogen) atoms. The van der Waals surface area contributed by atoms with Crippen molar-refractivity contribution in [3.63, 3.8) is 0 Å². The SMILES string of the molecule is CCOC(=O)c1sc(NC(=O)CSc2nnc3[nH]c(=O)c4c(n23)CCCC4)c(C(=O)OCC)c1C. The van der Waals surface area contributed by atoms with Crippen molar-refractivity contribution in [1.29, 1.82) is 0 Å². The fourth-order valence-corrected chi connectivity index (χ4v) is 5.84. The predicted octanol–water partition coefficient (Wildman–Crippen LogP) is 2.75. The minimum atomic E-state index is -0.626. The summed E-state index contributed by atoms with van der Waals surface area (Å²) >= 11 is 2.14. The Morgan fingerprint density at radius 1 is 1.11 bits per heavy atom. The molecule has 0 atom stereocenters. The van der Waals surface area contributed by atoms with E-state index >= 15 is 0 Å². The van der Waals surface area contributed by atoms with Crippen molar-refractivity contribution in [3.05, 3.63) is 37.6 Å². The maximum absolute atomic E-state index is 12.8. The zero-order chi connectivity index (χ0) is 25.1. The molecule has 4 rings (SSSR count). The van der Waals surface area contributed by atoms with E-state index in [2.05, 4.69) is 20.5 Å². The first-order valence-corrected chi connectivity index (χ1v) is 13.0. The van der Waals surface area contributed by atoms with Gasteiger partial charge in [0.15, 0.2) is 5.16 Å². The monoisotopic (exact) mass is 519 g/mol. The fourth-order valence-electron chi connectivity index (χ4n) is 3.98. The van der Waals surface area contributed by atoms with Crippen molar-refractivity contribution < 1.29 is 23.9 Å². The Kier molecular flexibility index (Phi) is 7.55. The summed E-state index contributed by atoms with van der Waals surface area (Å²) in [5.74, 6) is -1.27. The van der Waals surface area contributed by atoms with Gasteiger partial charge in [-0.3, -0.25) is 19.0 Å². The number of thiophene rings is 1. The summed E-state index contributed by atoms with van der Waals surface area (Å²) in [6.07, 6.45) is 3.35. The lowest BCUT2D eigenvalue weighted by Crippen LogP contribution is -2.23. The Morgan fingerprint density at radius 3 is 2.57 bits per heavy atom. The normalized spacial score (nSPS) is 12.9. The van der Waals surface area contributed by atoms with Gasteiger partial charge in [-0.15, -0.1) is 21.5 Å². The molecule has 0 saturated heterocycles. The minimum Gasteiger partial charge on any atom is -0.462 e. The lowest BCUT2D eigenvalue weighted by molar-refractivity contribution is -0.113. The first kappa shape index (κ1) is 24.9. The van der Waals surface area contributed by atoms with Gasteiger partial charge in [-0.25, -0.2) is 9.59 Å². The average molecular weight is 520 g/mol. The van der Waals surface area contributed by atoms with Gasteiger partial charge in [-0.2, -0.15) is 0 Å². The third-order valence-electron chi connectivity index (χ3n) is 5.51. The zero-order valence-electron chi connectivity index (χ0n) is 19.6. The number of esters is 2. The van der Waals surface area contributed by atoms with E-state index in [0.717, 1.165) is 53.6 Å². The van der Waals surface area contributed by atoms with Gasteiger partial charge in [0.25, 0.3) is 5.56 Å². The second-order valence-corrected chi connectivity index (χ2v) is 9.73. The van der Waals surface area contributed by atoms with Crippen LogP contribution in [0, 0.1) is 6.92 Å². The van der Waals surface area contributed by atoms with E-state index in [1.165, 1.54) is 0 Å². The number of anilines is 1. The third kappa shape index (κ3) is 4.96. The second-order valence-electron chi connectivity index (χ2n) is 7.77. The molecule has 0 radical (unpaired) electrons. The van der Waals surface area contributed by atoms with Crippen LogP contribution in [0.3, 0.4) is 0 Å². The molecule has 1 amide bonds. The summed E-state index contributed by atoms with van der Waals surface area (Å²) in [6, 6.07) is 0. The number of hydrogen-bond acceptors (Lipinski definition) is 10. The van der Waals surface area contributed by atoms with Crippen LogP contribution >= 0.6 is 23.1 Å². The van der Waals surface area contributed by atoms with Gasteiger partial charge < -0.3 is 14.8 Å². The number of fused-ring (bicyclic) bond motifs is 3. The van der Waals surface area contributed by atoms with Gasteiger partial charge in [-0.05, 0) is 52.0 Å². The molecule has 3 aromatic heterocycles. The van der Waals surface area contributed by atoms with E-state index in [1.807, 2.05) is 0 Å². The van der Waals surface area contributed by atoms with Crippen molar-refractivity contribution in [1.82, 2.24) is 19.6 Å². The lowest BCUT2D eigenvalue weighted by Gasteiger charge is -2.16. The number of carbonyl (C=O) groups is 3. The molecule has 2 N–H and O–H groups in total. The molecular formula is C22H25N5O6S2. The topological polar surface area (TPSA) is 145 Å². The van der Waals surface area contributed by atoms with Crippen molar-refractivity contribution >= 4 is 51.7 Å². The van der Waals surface area contributed by atoms with Crippen LogP contribution in [0.1, 0.15) is 63.5 Å². The number of carbonyl (C=O) groups excluding carboxylic acids is 3. The summed E-state index contributed by atoms with van der Waals surface area (Å²) in [5, 5.41) is 11.6. The quantitative estimate of drug-likeness (QED) is 0.339. The number of amides is 1. The highest BCUT2D eigenvalue weighted by Gasteiger charge is 2.27. The Morgan fingerprint density at radius 2 is 1.83 bits per heavy atom. The summed E-state index contributed by atoms with van der Waals surface area (Å²) in [4.78, 5) is 53.0. The zero-order valence-corrected chi connectivity index (χ0v) is 21.2. The van der Waals surface area contributed by atoms with Crippen molar-refractivity contribution in [2.75, 3.05) is 24.3 Å². The number of H-pyrrole nitrogens is 1. The standard InChI is InChI=1S/C22H25N5O6S2/c1-4-32-19(30)15-11(3)16(20(31)33-5-2)35-18(15)23-14(28)10-34-22-26-25-21-24-17(29)12-8-6-7-9-13(12)27(21)22/h4-10H2,1-3H3,(H,23,28)(H,24,25,29). The molecule has 0 spiro atoms. The lowest BCUT2D eigenvalue weighted by atomic mass is 9.97. The van der Waals surface area contributed by atoms with Crippen LogP contribution in [0.15, 0.2) is 9.95 Å². The van der Waals surface area contributed by atoms with Crippen molar-refractivity contribution in [2.24, 2.45) is 0 Å². The Labute approximate surface area is 208 Å². The molecule has 0 aromatic carbocycles. The molecule has 0 fully saturated rings. The van der Waals surface area contributed by atoms with Gasteiger partial charge in [-0.1, -0.05) is 11.8 Å². The van der Waals surface area contributed by atoms with Crippen LogP contribution in [0.25, 0.3) is 5.78 Å². The summed E-state index contributed by atoms with van der Waals surface area (Å²) in [6.45, 7) is 5.32. The molecule has 3 heterocycles. The molecule has 186 valence electrons. The number of nitrogens with one attached hydrogen (secondary N) is 2. The molecule has 13 heteroatoms. The number of hydrogen-bond donors (Lipinski definition) is 2. The number of aryl methyl sites for hydroxylation is 1. The number of ether oxygens (including phenoxy) is 2. The van der Waals surface area contributed by atoms with Crippen LogP contribution in [0.5, 0.6) is 0 Å². The van der Waals surface area contributed by atoms with E-state index in [0.29, 0.717) is 22.9 Å². The van der Waals surface area contributed by atoms with E-state index in [-0.39, 0.29) is 40.0 Å². The number of aromatic nitrogens is 4. The maximum atomic E-state index is 12.8. The number of nitrogens with zero attached hydrogens (tertiary/aromatic N) is 3. The highest BCUT2D eigenvalue weighted by Crippen LogP contribution is 2.34. The molecule has 1 aliphatic carbocycles. The number of thioether (sulfide) groups is 1. The van der Waals surface area contributed by atoms with E-state index < -0.39 is 17.8 Å². The summed E-state index contributed by atoms with van der Waals surface area (Å²) in [7, 11) is 0. The molecule has 3 aromatic rings. The number of rotatable bonds is 8. The van der Waals surface area contributed by atoms with Crippen molar-refractivity contribution in [3.8, 4) is 0 Å². The third-order valence-corrected chi connectivity index (χ3v) is 7.63. The fraction of sp³-hybridized carbons (Fsp3) is 0.455. The molecule has 0 unspecified atom stereocenters. The molecule has 0 aliphatic heterocycles. The molecule has 0 bridgehead atoms. The van der Waals surface area contributed by atoms with E-state index in [9.17, 15) is 19.2 Å². The molecule has 1 aliphatic rings. The molecule has 11 nitrogen and oxygen atoms in total. The van der Waals surface area contributed by atoms with Crippen molar-refractivity contribution in [2.45, 2.75) is 51.6 Å². The van der Waals surface area contributed by atoms with Crippen LogP contribution in [-0.2, 0) is 27.1 Å². The highest BCUT2D eigenvalue weighted by atomic mass is 32.2. The van der Waals surface area contributed by atoms with Gasteiger partial charge >= 0.3 is 11.9 Å². The van der Waals surface area contributed by atoms with Gasteiger partial charge in [0.1, 0.15) is 9.88 Å². The summed E-state index contributed by atoms with van der Waals surface area (Å²) < 4.78 is 12.0. The van der Waals surface area contributed by atoms with Gasteiger partial charge in [0, 0.05) is 11.3 Å². The highest BCUT2D eigenvalue weighted by molar-refractivity contribution is 7.99. The first-order valence-electron chi connectivity index (χ1n) is 11.2. The largest absolute Gasteiger partial charge is 0.462 e. The van der Waals surface area contributed by atoms with Gasteiger partial charge in [0.05, 0.1) is 24.5 Å². The Bertz CT molecular complexity index is 1360. The molecular weight excluding hydrogens is 494 g/mol. The predicted molar refractivity (Wildman–Crippen MR) is 131 cm³/mol. The summed E-state index contributed by atoms with van der Waals surface area (Å²) in [5.41, 5.74) is 1.99. The second kappa shape index (κ2) is 10.6.